The van der Waals surface area contributed by atoms with E-state index in [-0.39, 0.29) is 30.0 Å². The molecule has 0 saturated heterocycles. The fraction of sp³-hybridized carbons (Fsp3) is 0.167. The lowest BCUT2D eigenvalue weighted by Gasteiger charge is -2.10. The molecule has 0 atom stereocenters. The first-order valence-corrected chi connectivity index (χ1v) is 7.82. The summed E-state index contributed by atoms with van der Waals surface area (Å²) in [7, 11) is 1.54. The zero-order valence-electron chi connectivity index (χ0n) is 14.4. The predicted molar refractivity (Wildman–Crippen MR) is 97.7 cm³/mol. The van der Waals surface area contributed by atoms with Crippen LogP contribution in [0.5, 0.6) is 0 Å². The maximum absolute atomic E-state index is 13.6. The van der Waals surface area contributed by atoms with Crippen LogP contribution in [0.25, 0.3) is 0 Å². The summed E-state index contributed by atoms with van der Waals surface area (Å²) in [6.07, 6.45) is 0. The minimum absolute atomic E-state index is 0.0349. The van der Waals surface area contributed by atoms with Crippen LogP contribution in [-0.4, -0.2) is 31.3 Å². The molecule has 0 saturated carbocycles. The second-order valence-corrected chi connectivity index (χ2v) is 5.43. The topological polar surface area (TPSA) is 99.3 Å². The Morgan fingerprint density at radius 2 is 1.62 bits per heavy atom. The highest BCUT2D eigenvalue weighted by Gasteiger charge is 2.08. The number of anilines is 3. The van der Waals surface area contributed by atoms with Crippen molar-refractivity contribution in [2.24, 2.45) is 0 Å². The molecule has 0 heterocycles. The molecule has 26 heavy (non-hydrogen) atoms. The van der Waals surface area contributed by atoms with Gasteiger partial charge >= 0.3 is 0 Å². The number of carbonyl (C=O) groups excluding carboxylic acids is 3. The Labute approximate surface area is 150 Å². The van der Waals surface area contributed by atoms with Gasteiger partial charge in [-0.25, -0.2) is 4.39 Å². The van der Waals surface area contributed by atoms with Crippen LogP contribution in [0, 0.1) is 5.82 Å². The van der Waals surface area contributed by atoms with Crippen molar-refractivity contribution >= 4 is 34.8 Å². The minimum Gasteiger partial charge on any atom is -0.376 e. The molecule has 4 N–H and O–H groups in total. The highest BCUT2D eigenvalue weighted by molar-refractivity contribution is 5.96. The zero-order chi connectivity index (χ0) is 19.1. The number of benzene rings is 2. The highest BCUT2D eigenvalue weighted by atomic mass is 19.1. The number of rotatable bonds is 6. The molecule has 0 aliphatic carbocycles. The van der Waals surface area contributed by atoms with E-state index in [1.54, 1.807) is 24.3 Å². The lowest BCUT2D eigenvalue weighted by molar-refractivity contribution is -0.115. The first-order chi connectivity index (χ1) is 12.4. The van der Waals surface area contributed by atoms with Gasteiger partial charge in [-0.3, -0.25) is 14.4 Å². The summed E-state index contributed by atoms with van der Waals surface area (Å²) in [5, 5.41) is 10.4. The molecule has 2 aromatic carbocycles. The number of hydrogen-bond donors (Lipinski definition) is 4. The van der Waals surface area contributed by atoms with Gasteiger partial charge in [0.2, 0.25) is 11.8 Å². The quantitative estimate of drug-likeness (QED) is 0.636. The van der Waals surface area contributed by atoms with Crippen LogP contribution in [-0.2, 0) is 9.59 Å². The third-order valence-corrected chi connectivity index (χ3v) is 3.39. The normalized spacial score (nSPS) is 9.96. The van der Waals surface area contributed by atoms with Crippen LogP contribution in [0.2, 0.25) is 0 Å². The van der Waals surface area contributed by atoms with Gasteiger partial charge in [-0.2, -0.15) is 0 Å². The smallest absolute Gasteiger partial charge is 0.251 e. The Balaban J connectivity index is 1.92. The number of carbonyl (C=O) groups is 3. The molecular formula is C18H19FN4O3. The molecule has 7 nitrogen and oxygen atoms in total. The zero-order valence-corrected chi connectivity index (χ0v) is 14.4. The average molecular weight is 358 g/mol. The largest absolute Gasteiger partial charge is 0.376 e. The molecule has 2 aromatic rings. The van der Waals surface area contributed by atoms with Crippen LogP contribution in [0.15, 0.2) is 42.5 Å². The molecule has 0 unspecified atom stereocenters. The molecule has 3 amide bonds. The van der Waals surface area contributed by atoms with E-state index in [2.05, 4.69) is 21.3 Å². The Morgan fingerprint density at radius 1 is 0.962 bits per heavy atom. The van der Waals surface area contributed by atoms with Gasteiger partial charge in [0, 0.05) is 30.9 Å². The van der Waals surface area contributed by atoms with Crippen molar-refractivity contribution in [3.05, 3.63) is 53.8 Å². The Bertz CT molecular complexity index is 822. The standard InChI is InChI=1S/C18H19FN4O3/c1-11(24)22-16-9-14(7-8-15(16)19)21-10-17(25)23-13-5-3-12(4-6-13)18(26)20-2/h3-9,21H,10H2,1-2H3,(H,20,26)(H,22,24)(H,23,25). The van der Waals surface area contributed by atoms with Crippen molar-refractivity contribution in [3.8, 4) is 0 Å². The summed E-state index contributed by atoms with van der Waals surface area (Å²) in [4.78, 5) is 34.5. The monoisotopic (exact) mass is 358 g/mol. The Hall–Kier alpha value is -3.42. The minimum atomic E-state index is -0.564. The van der Waals surface area contributed by atoms with Crippen LogP contribution >= 0.6 is 0 Å². The molecule has 136 valence electrons. The van der Waals surface area contributed by atoms with Crippen LogP contribution in [0.1, 0.15) is 17.3 Å². The van der Waals surface area contributed by atoms with E-state index in [9.17, 15) is 18.8 Å². The van der Waals surface area contributed by atoms with E-state index in [1.807, 2.05) is 0 Å². The van der Waals surface area contributed by atoms with Gasteiger partial charge in [0.1, 0.15) is 5.82 Å². The van der Waals surface area contributed by atoms with Gasteiger partial charge in [-0.1, -0.05) is 0 Å². The molecule has 0 radical (unpaired) electrons. The van der Waals surface area contributed by atoms with Crippen molar-refractivity contribution in [3.63, 3.8) is 0 Å². The molecule has 8 heteroatoms. The highest BCUT2D eigenvalue weighted by Crippen LogP contribution is 2.19. The molecule has 0 aliphatic heterocycles. The van der Waals surface area contributed by atoms with Gasteiger partial charge in [0.15, 0.2) is 0 Å². The fourth-order valence-electron chi connectivity index (χ4n) is 2.16. The first kappa shape index (κ1) is 18.9. The molecule has 0 bridgehead atoms. The number of nitrogens with one attached hydrogen (secondary N) is 4. The Morgan fingerprint density at radius 3 is 2.23 bits per heavy atom. The van der Waals surface area contributed by atoms with E-state index in [4.69, 9.17) is 0 Å². The van der Waals surface area contributed by atoms with Gasteiger partial charge in [-0.05, 0) is 42.5 Å². The summed E-state index contributed by atoms with van der Waals surface area (Å²) in [5.74, 6) is -1.48. The summed E-state index contributed by atoms with van der Waals surface area (Å²) in [6, 6.07) is 10.5. The SMILES string of the molecule is CNC(=O)c1ccc(NC(=O)CNc2ccc(F)c(NC(C)=O)c2)cc1. The van der Waals surface area contributed by atoms with E-state index in [1.165, 1.54) is 32.2 Å². The molecule has 0 fully saturated rings. The first-order valence-electron chi connectivity index (χ1n) is 7.82. The van der Waals surface area contributed by atoms with Gasteiger partial charge in [0.05, 0.1) is 12.2 Å². The fourth-order valence-corrected chi connectivity index (χ4v) is 2.16. The third-order valence-electron chi connectivity index (χ3n) is 3.39. The molecule has 0 aromatic heterocycles. The third kappa shape index (κ3) is 5.30. The summed E-state index contributed by atoms with van der Waals surface area (Å²) in [6.45, 7) is 1.23. The van der Waals surface area contributed by atoms with Gasteiger partial charge in [0.25, 0.3) is 5.91 Å². The maximum Gasteiger partial charge on any atom is 0.251 e. The van der Waals surface area contributed by atoms with Crippen molar-refractivity contribution in [1.82, 2.24) is 5.32 Å². The summed E-state index contributed by atoms with van der Waals surface area (Å²) < 4.78 is 13.6. The Kier molecular flexibility index (Phi) is 6.26. The number of halogens is 1. The second-order valence-electron chi connectivity index (χ2n) is 5.43. The molecule has 0 aliphatic rings. The second kappa shape index (κ2) is 8.61. The van der Waals surface area contributed by atoms with Gasteiger partial charge in [-0.15, -0.1) is 0 Å². The van der Waals surface area contributed by atoms with E-state index >= 15 is 0 Å². The van der Waals surface area contributed by atoms with E-state index in [0.29, 0.717) is 16.9 Å². The van der Waals surface area contributed by atoms with Crippen molar-refractivity contribution in [1.29, 1.82) is 0 Å². The maximum atomic E-state index is 13.6. The average Bonchev–Trinajstić information content (AvgIpc) is 2.62. The lowest BCUT2D eigenvalue weighted by atomic mass is 10.2. The molecule has 2 rings (SSSR count). The van der Waals surface area contributed by atoms with Crippen molar-refractivity contribution < 1.29 is 18.8 Å². The van der Waals surface area contributed by atoms with E-state index < -0.39 is 5.82 Å². The lowest BCUT2D eigenvalue weighted by Crippen LogP contribution is -2.22. The van der Waals surface area contributed by atoms with Crippen LogP contribution in [0.3, 0.4) is 0 Å². The van der Waals surface area contributed by atoms with Gasteiger partial charge < -0.3 is 21.3 Å². The summed E-state index contributed by atoms with van der Waals surface area (Å²) in [5.41, 5.74) is 1.55. The molecule has 0 spiro atoms. The molecular weight excluding hydrogens is 339 g/mol. The van der Waals surface area contributed by atoms with Crippen LogP contribution in [0.4, 0.5) is 21.5 Å². The summed E-state index contributed by atoms with van der Waals surface area (Å²) >= 11 is 0. The number of hydrogen-bond acceptors (Lipinski definition) is 4. The van der Waals surface area contributed by atoms with Crippen molar-refractivity contribution in [2.75, 3.05) is 29.5 Å². The number of amides is 3. The van der Waals surface area contributed by atoms with Crippen LogP contribution < -0.4 is 21.3 Å². The predicted octanol–water partition coefficient (Wildman–Crippen LogP) is 2.19. The van der Waals surface area contributed by atoms with Crippen molar-refractivity contribution in [2.45, 2.75) is 6.92 Å². The van der Waals surface area contributed by atoms with E-state index in [0.717, 1.165) is 0 Å².